The molecular weight excluding hydrogens is 478 g/mol. The van der Waals surface area contributed by atoms with E-state index in [1.54, 1.807) is 28.6 Å². The molecule has 8 nitrogen and oxygen atoms in total. The van der Waals surface area contributed by atoms with Crippen LogP contribution in [0.4, 0.5) is 5.69 Å². The number of nitrogens with one attached hydrogen (secondary N) is 1. The lowest BCUT2D eigenvalue weighted by Gasteiger charge is -2.29. The van der Waals surface area contributed by atoms with Crippen LogP contribution in [0.3, 0.4) is 0 Å². The Morgan fingerprint density at radius 1 is 1.03 bits per heavy atom. The molecule has 2 atom stereocenters. The molecule has 1 amide bonds. The first kappa shape index (κ1) is 25.4. The fourth-order valence-electron chi connectivity index (χ4n) is 5.51. The van der Waals surface area contributed by atoms with Crippen molar-refractivity contribution in [3.05, 3.63) is 60.2 Å². The number of carbonyl (C=O) groups is 1. The van der Waals surface area contributed by atoms with Gasteiger partial charge in [-0.25, -0.2) is 8.42 Å². The molecule has 3 aliphatic rings. The van der Waals surface area contributed by atoms with Crippen LogP contribution in [0.5, 0.6) is 0 Å². The third kappa shape index (κ3) is 5.65. The molecule has 0 aliphatic carbocycles. The van der Waals surface area contributed by atoms with Crippen molar-refractivity contribution in [2.75, 3.05) is 44.6 Å². The summed E-state index contributed by atoms with van der Waals surface area (Å²) in [4.78, 5) is 15.2. The molecule has 5 rings (SSSR count). The number of likely N-dealkylation sites (tertiary alicyclic amines) is 1. The first-order valence-corrected chi connectivity index (χ1v) is 14.3. The molecule has 0 radical (unpaired) electrons. The summed E-state index contributed by atoms with van der Waals surface area (Å²) in [5, 5.41) is 2.91. The summed E-state index contributed by atoms with van der Waals surface area (Å²) in [6.07, 6.45) is 4.70. The predicted octanol–water partition coefficient (Wildman–Crippen LogP) is 3.25. The summed E-state index contributed by atoms with van der Waals surface area (Å²) in [6.45, 7) is 3.89. The van der Waals surface area contributed by atoms with Gasteiger partial charge in [0.2, 0.25) is 15.9 Å². The van der Waals surface area contributed by atoms with Crippen LogP contribution in [0.25, 0.3) is 0 Å². The Morgan fingerprint density at radius 2 is 1.78 bits per heavy atom. The Bertz CT molecular complexity index is 1130. The van der Waals surface area contributed by atoms with Crippen LogP contribution in [0.1, 0.15) is 37.7 Å². The molecule has 2 aromatic rings. The molecule has 0 unspecified atom stereocenters. The van der Waals surface area contributed by atoms with Crippen LogP contribution in [0.15, 0.2) is 59.5 Å². The molecule has 3 heterocycles. The lowest BCUT2D eigenvalue weighted by atomic mass is 9.96. The number of ether oxygens (including phenoxy) is 2. The van der Waals surface area contributed by atoms with E-state index in [2.05, 4.69) is 10.2 Å². The van der Waals surface area contributed by atoms with Gasteiger partial charge in [0.1, 0.15) is 11.7 Å². The number of piperidine rings is 1. The molecule has 3 fully saturated rings. The van der Waals surface area contributed by atoms with Crippen molar-refractivity contribution in [3.8, 4) is 0 Å². The highest BCUT2D eigenvalue weighted by Gasteiger charge is 2.50. The molecule has 0 saturated carbocycles. The maximum absolute atomic E-state index is 12.9. The Balaban J connectivity index is 1.17. The van der Waals surface area contributed by atoms with Gasteiger partial charge in [-0.3, -0.25) is 9.69 Å². The fourth-order valence-corrected chi connectivity index (χ4v) is 7.02. The minimum absolute atomic E-state index is 0.0905. The van der Waals surface area contributed by atoms with Crippen LogP contribution < -0.4 is 5.32 Å². The molecule has 0 aromatic heterocycles. The zero-order chi connectivity index (χ0) is 25.0. The molecule has 1 N–H and O–H groups in total. The van der Waals surface area contributed by atoms with E-state index in [4.69, 9.17) is 9.47 Å². The van der Waals surface area contributed by atoms with E-state index < -0.39 is 10.0 Å². The summed E-state index contributed by atoms with van der Waals surface area (Å²) in [5.41, 5.74) is 1.34. The van der Waals surface area contributed by atoms with Gasteiger partial charge in [0.15, 0.2) is 0 Å². The van der Waals surface area contributed by atoms with Crippen molar-refractivity contribution >= 4 is 21.6 Å². The zero-order valence-electron chi connectivity index (χ0n) is 20.6. The van der Waals surface area contributed by atoms with Crippen molar-refractivity contribution in [1.29, 1.82) is 0 Å². The molecule has 36 heavy (non-hydrogen) atoms. The lowest BCUT2D eigenvalue weighted by molar-refractivity contribution is -0.117. The van der Waals surface area contributed by atoms with Gasteiger partial charge in [0.05, 0.1) is 18.0 Å². The normalized spacial score (nSPS) is 25.4. The highest BCUT2D eigenvalue weighted by molar-refractivity contribution is 7.89. The Hall–Kier alpha value is -2.30. The van der Waals surface area contributed by atoms with Crippen molar-refractivity contribution in [3.63, 3.8) is 0 Å². The smallest absolute Gasteiger partial charge is 0.243 e. The van der Waals surface area contributed by atoms with Crippen molar-refractivity contribution in [2.45, 2.75) is 55.3 Å². The molecular formula is C27H35N3O5S. The van der Waals surface area contributed by atoms with E-state index in [0.29, 0.717) is 38.5 Å². The second-order valence-corrected chi connectivity index (χ2v) is 11.9. The van der Waals surface area contributed by atoms with Crippen molar-refractivity contribution < 1.29 is 22.7 Å². The van der Waals surface area contributed by atoms with Gasteiger partial charge in [0.25, 0.3) is 0 Å². The van der Waals surface area contributed by atoms with E-state index >= 15 is 0 Å². The average molecular weight is 514 g/mol. The van der Waals surface area contributed by atoms with Crippen LogP contribution in [0.2, 0.25) is 0 Å². The number of amides is 1. The van der Waals surface area contributed by atoms with Crippen LogP contribution in [-0.4, -0.2) is 74.6 Å². The summed E-state index contributed by atoms with van der Waals surface area (Å²) >= 11 is 0. The molecule has 2 aromatic carbocycles. The topological polar surface area (TPSA) is 88.2 Å². The number of anilines is 1. The second-order valence-electron chi connectivity index (χ2n) is 10.0. The van der Waals surface area contributed by atoms with E-state index in [9.17, 15) is 13.2 Å². The van der Waals surface area contributed by atoms with Crippen LogP contribution in [0, 0.1) is 0 Å². The van der Waals surface area contributed by atoms with Crippen LogP contribution in [-0.2, 0) is 30.9 Å². The quantitative estimate of drug-likeness (QED) is 0.583. The predicted molar refractivity (Wildman–Crippen MR) is 137 cm³/mol. The maximum Gasteiger partial charge on any atom is 0.243 e. The van der Waals surface area contributed by atoms with Gasteiger partial charge in [-0.2, -0.15) is 4.31 Å². The van der Waals surface area contributed by atoms with Gasteiger partial charge >= 0.3 is 0 Å². The van der Waals surface area contributed by atoms with E-state index in [1.807, 2.05) is 30.3 Å². The molecule has 9 heteroatoms. The molecule has 3 saturated heterocycles. The van der Waals surface area contributed by atoms with Crippen LogP contribution >= 0.6 is 0 Å². The number of sulfonamides is 1. The minimum atomic E-state index is -3.49. The lowest BCUT2D eigenvalue weighted by Crippen LogP contribution is -2.42. The largest absolute Gasteiger partial charge is 0.371 e. The van der Waals surface area contributed by atoms with Gasteiger partial charge in [-0.05, 0) is 55.5 Å². The van der Waals surface area contributed by atoms with E-state index in [-0.39, 0.29) is 29.1 Å². The monoisotopic (exact) mass is 513 g/mol. The van der Waals surface area contributed by atoms with E-state index in [1.165, 1.54) is 0 Å². The van der Waals surface area contributed by atoms with Crippen molar-refractivity contribution in [1.82, 2.24) is 9.21 Å². The van der Waals surface area contributed by atoms with Gasteiger partial charge in [0, 0.05) is 38.5 Å². The number of benzene rings is 2. The van der Waals surface area contributed by atoms with Gasteiger partial charge in [-0.1, -0.05) is 36.8 Å². The molecule has 0 bridgehead atoms. The first-order chi connectivity index (χ1) is 17.4. The van der Waals surface area contributed by atoms with Crippen molar-refractivity contribution in [2.24, 2.45) is 0 Å². The summed E-state index contributed by atoms with van der Waals surface area (Å²) in [5.74, 6) is -0.140. The fraction of sp³-hybridized carbons (Fsp3) is 0.519. The summed E-state index contributed by atoms with van der Waals surface area (Å²) in [6, 6.07) is 16.5. The highest BCUT2D eigenvalue weighted by Crippen LogP contribution is 2.37. The average Bonchev–Trinajstić information content (AvgIpc) is 3.50. The molecule has 194 valence electrons. The third-order valence-electron chi connectivity index (χ3n) is 7.39. The SMILES string of the molecule is O=C(CN1C[C@H](OCc2ccccc2)[C@]2(CCCO2)C1)Nc1ccc(S(=O)(=O)N2CCCCC2)cc1. The summed E-state index contributed by atoms with van der Waals surface area (Å²) < 4.78 is 39.7. The Kier molecular flexibility index (Phi) is 7.73. The van der Waals surface area contributed by atoms with Gasteiger partial charge in [-0.15, -0.1) is 0 Å². The first-order valence-electron chi connectivity index (χ1n) is 12.9. The second kappa shape index (κ2) is 11.0. The maximum atomic E-state index is 12.9. The Labute approximate surface area is 213 Å². The number of rotatable bonds is 8. The molecule has 3 aliphatic heterocycles. The third-order valence-corrected chi connectivity index (χ3v) is 9.30. The number of carbonyl (C=O) groups excluding carboxylic acids is 1. The Morgan fingerprint density at radius 3 is 2.47 bits per heavy atom. The minimum Gasteiger partial charge on any atom is -0.371 e. The number of hydrogen-bond acceptors (Lipinski definition) is 6. The zero-order valence-corrected chi connectivity index (χ0v) is 21.4. The van der Waals surface area contributed by atoms with Gasteiger partial charge < -0.3 is 14.8 Å². The number of nitrogens with zero attached hydrogens (tertiary/aromatic N) is 2. The molecule has 1 spiro atoms. The van der Waals surface area contributed by atoms with E-state index in [0.717, 1.165) is 44.3 Å². The number of hydrogen-bond donors (Lipinski definition) is 1. The standard InChI is InChI=1S/C27H35N3O5S/c31-26(28-23-10-12-24(13-11-23)36(32,33)30-15-5-2-6-16-30)19-29-18-25(27(21-29)14-7-17-35-27)34-20-22-8-3-1-4-9-22/h1,3-4,8-13,25H,2,5-7,14-21H2,(H,28,31)/t25-,27-/m0/s1. The summed E-state index contributed by atoms with van der Waals surface area (Å²) in [7, 11) is -3.49. The highest BCUT2D eigenvalue weighted by atomic mass is 32.2.